The molecule has 0 aliphatic rings. The Hall–Kier alpha value is -3.22. The largest absolute Gasteiger partial charge is 0.456 e. The lowest BCUT2D eigenvalue weighted by atomic mass is 10.1. The first-order valence-corrected chi connectivity index (χ1v) is 7.72. The molecule has 0 atom stereocenters. The summed E-state index contributed by atoms with van der Waals surface area (Å²) in [6.45, 7) is 3.59. The summed E-state index contributed by atoms with van der Waals surface area (Å²) in [5.41, 5.74) is 1.03. The Bertz CT molecular complexity index is 874. The first kappa shape index (κ1) is 16.6. The average molecular weight is 341 g/mol. The summed E-state index contributed by atoms with van der Waals surface area (Å²) in [5, 5.41) is 6.56. The minimum atomic E-state index is -0.334. The second-order valence-corrected chi connectivity index (χ2v) is 5.30. The Kier molecular flexibility index (Phi) is 4.74. The summed E-state index contributed by atoms with van der Waals surface area (Å²) >= 11 is 0. The molecule has 1 N–H and O–H groups in total. The van der Waals surface area contributed by atoms with E-state index in [1.807, 2.05) is 6.92 Å². The molecule has 3 rings (SSSR count). The molecule has 0 spiro atoms. The fourth-order valence-electron chi connectivity index (χ4n) is 2.28. The first-order chi connectivity index (χ1) is 12.1. The molecule has 0 aliphatic carbocycles. The third kappa shape index (κ3) is 3.82. The smallest absolute Gasteiger partial charge is 0.262 e. The lowest BCUT2D eigenvalue weighted by Gasteiger charge is -2.07. The van der Waals surface area contributed by atoms with E-state index in [2.05, 4.69) is 15.5 Å². The van der Waals surface area contributed by atoms with Gasteiger partial charge in [0.05, 0.1) is 11.9 Å². The molecular formula is C18H16FN3O3. The van der Waals surface area contributed by atoms with Crippen LogP contribution in [0.25, 0.3) is 0 Å². The molecule has 128 valence electrons. The Morgan fingerprint density at radius 2 is 1.92 bits per heavy atom. The van der Waals surface area contributed by atoms with Crippen LogP contribution in [0.3, 0.4) is 0 Å². The lowest BCUT2D eigenvalue weighted by Crippen LogP contribution is -2.15. The summed E-state index contributed by atoms with van der Waals surface area (Å²) in [7, 11) is 0. The molecule has 0 bridgehead atoms. The van der Waals surface area contributed by atoms with E-state index in [0.717, 1.165) is 0 Å². The van der Waals surface area contributed by atoms with Gasteiger partial charge in [0.2, 0.25) is 0 Å². The number of aryl methyl sites for hydroxylation is 2. The fraction of sp³-hybridized carbons (Fsp3) is 0.167. The highest BCUT2D eigenvalue weighted by molar-refractivity contribution is 6.05. The van der Waals surface area contributed by atoms with Crippen molar-refractivity contribution in [3.05, 3.63) is 65.4 Å². The fourth-order valence-corrected chi connectivity index (χ4v) is 2.28. The Morgan fingerprint density at radius 1 is 1.20 bits per heavy atom. The van der Waals surface area contributed by atoms with Crippen molar-refractivity contribution in [2.75, 3.05) is 5.32 Å². The predicted molar refractivity (Wildman–Crippen MR) is 89.3 cm³/mol. The molecule has 2 aromatic heterocycles. The Morgan fingerprint density at radius 3 is 2.56 bits per heavy atom. The minimum absolute atomic E-state index is 0.324. The number of carbonyl (C=O) groups excluding carboxylic acids is 1. The number of halogens is 1. The topological polar surface area (TPSA) is 77.2 Å². The molecule has 2 heterocycles. The summed E-state index contributed by atoms with van der Waals surface area (Å²) in [4.78, 5) is 16.5. The van der Waals surface area contributed by atoms with Gasteiger partial charge in [-0.3, -0.25) is 4.79 Å². The van der Waals surface area contributed by atoms with Crippen molar-refractivity contribution in [2.45, 2.75) is 20.3 Å². The number of benzene rings is 1. The van der Waals surface area contributed by atoms with Gasteiger partial charge in [-0.15, -0.1) is 0 Å². The number of hydrogen-bond acceptors (Lipinski definition) is 5. The molecule has 7 heteroatoms. The molecule has 0 aliphatic heterocycles. The standard InChI is InChI=1S/C18H16FN3O3/c1-3-15-17(11(2)25-22-15)18(23)21-16-9-8-14(10-20-16)24-13-6-4-12(19)5-7-13/h4-10H,3H2,1-2H3,(H,20,21,23). The van der Waals surface area contributed by atoms with Crippen LogP contribution in [0.5, 0.6) is 11.5 Å². The zero-order valence-corrected chi connectivity index (χ0v) is 13.7. The first-order valence-electron chi connectivity index (χ1n) is 7.72. The highest BCUT2D eigenvalue weighted by Crippen LogP contribution is 2.22. The summed E-state index contributed by atoms with van der Waals surface area (Å²) in [5.74, 6) is 1.15. The number of rotatable bonds is 5. The maximum atomic E-state index is 12.9. The van der Waals surface area contributed by atoms with Crippen LogP contribution in [-0.4, -0.2) is 16.0 Å². The van der Waals surface area contributed by atoms with Crippen molar-refractivity contribution in [3.63, 3.8) is 0 Å². The number of pyridine rings is 1. The van der Waals surface area contributed by atoms with Gasteiger partial charge >= 0.3 is 0 Å². The molecule has 0 fully saturated rings. The van der Waals surface area contributed by atoms with Gasteiger partial charge in [0, 0.05) is 0 Å². The number of carbonyl (C=O) groups is 1. The normalized spacial score (nSPS) is 10.5. The number of ether oxygens (including phenoxy) is 1. The summed E-state index contributed by atoms with van der Waals surface area (Å²) < 4.78 is 23.5. The Labute approximate surface area is 143 Å². The van der Waals surface area contributed by atoms with Crippen LogP contribution >= 0.6 is 0 Å². The van der Waals surface area contributed by atoms with Gasteiger partial charge in [-0.05, 0) is 49.7 Å². The van der Waals surface area contributed by atoms with E-state index < -0.39 is 0 Å². The van der Waals surface area contributed by atoms with E-state index in [-0.39, 0.29) is 11.7 Å². The van der Waals surface area contributed by atoms with Gasteiger partial charge in [0.15, 0.2) is 0 Å². The molecule has 0 radical (unpaired) electrons. The number of hydrogen-bond donors (Lipinski definition) is 1. The molecular weight excluding hydrogens is 325 g/mol. The van der Waals surface area contributed by atoms with E-state index in [0.29, 0.717) is 40.8 Å². The van der Waals surface area contributed by atoms with E-state index >= 15 is 0 Å². The SMILES string of the molecule is CCc1noc(C)c1C(=O)Nc1ccc(Oc2ccc(F)cc2)cn1. The zero-order valence-electron chi connectivity index (χ0n) is 13.7. The van der Waals surface area contributed by atoms with Gasteiger partial charge in [-0.25, -0.2) is 9.37 Å². The molecule has 0 unspecified atom stereocenters. The summed E-state index contributed by atoms with van der Waals surface area (Å²) in [6, 6.07) is 8.93. The second-order valence-electron chi connectivity index (χ2n) is 5.30. The van der Waals surface area contributed by atoms with Gasteiger partial charge in [0.25, 0.3) is 5.91 Å². The third-order valence-electron chi connectivity index (χ3n) is 3.52. The van der Waals surface area contributed by atoms with Crippen LogP contribution in [0.15, 0.2) is 47.1 Å². The van der Waals surface area contributed by atoms with Crippen molar-refractivity contribution in [1.29, 1.82) is 0 Å². The van der Waals surface area contributed by atoms with Gasteiger partial charge in [-0.1, -0.05) is 12.1 Å². The maximum absolute atomic E-state index is 12.9. The van der Waals surface area contributed by atoms with E-state index in [4.69, 9.17) is 9.26 Å². The van der Waals surface area contributed by atoms with Crippen LogP contribution in [0.1, 0.15) is 28.7 Å². The van der Waals surface area contributed by atoms with Crippen molar-refractivity contribution >= 4 is 11.7 Å². The van der Waals surface area contributed by atoms with Crippen molar-refractivity contribution in [1.82, 2.24) is 10.1 Å². The number of nitrogens with zero attached hydrogens (tertiary/aromatic N) is 2. The van der Waals surface area contributed by atoms with Crippen LogP contribution < -0.4 is 10.1 Å². The molecule has 0 saturated carbocycles. The number of amides is 1. The molecule has 0 saturated heterocycles. The predicted octanol–water partition coefficient (Wildman–Crippen LogP) is 4.12. The van der Waals surface area contributed by atoms with E-state index in [1.54, 1.807) is 19.1 Å². The highest BCUT2D eigenvalue weighted by Gasteiger charge is 2.19. The second kappa shape index (κ2) is 7.12. The van der Waals surface area contributed by atoms with Gasteiger partial charge in [0.1, 0.15) is 34.5 Å². The molecule has 6 nitrogen and oxygen atoms in total. The highest BCUT2D eigenvalue weighted by atomic mass is 19.1. The van der Waals surface area contributed by atoms with Crippen molar-refractivity contribution in [2.24, 2.45) is 0 Å². The monoisotopic (exact) mass is 341 g/mol. The minimum Gasteiger partial charge on any atom is -0.456 e. The number of anilines is 1. The van der Waals surface area contributed by atoms with E-state index in [1.165, 1.54) is 30.5 Å². The lowest BCUT2D eigenvalue weighted by molar-refractivity contribution is 0.102. The van der Waals surface area contributed by atoms with Crippen molar-refractivity contribution in [3.8, 4) is 11.5 Å². The maximum Gasteiger partial charge on any atom is 0.262 e. The zero-order chi connectivity index (χ0) is 17.8. The van der Waals surface area contributed by atoms with E-state index in [9.17, 15) is 9.18 Å². The third-order valence-corrected chi connectivity index (χ3v) is 3.52. The Balaban J connectivity index is 1.69. The van der Waals surface area contributed by atoms with Crippen molar-refractivity contribution < 1.29 is 18.4 Å². The van der Waals surface area contributed by atoms with Crippen LogP contribution in [-0.2, 0) is 6.42 Å². The van der Waals surface area contributed by atoms with Crippen LogP contribution in [0.2, 0.25) is 0 Å². The summed E-state index contributed by atoms with van der Waals surface area (Å²) in [6.07, 6.45) is 2.07. The average Bonchev–Trinajstić information content (AvgIpc) is 2.99. The van der Waals surface area contributed by atoms with Gasteiger partial charge in [-0.2, -0.15) is 0 Å². The van der Waals surface area contributed by atoms with Crippen LogP contribution in [0.4, 0.5) is 10.2 Å². The number of aromatic nitrogens is 2. The molecule has 1 amide bonds. The molecule has 1 aromatic carbocycles. The van der Waals surface area contributed by atoms with Crippen LogP contribution in [0, 0.1) is 12.7 Å². The molecule has 3 aromatic rings. The van der Waals surface area contributed by atoms with Gasteiger partial charge < -0.3 is 14.6 Å². The quantitative estimate of drug-likeness (QED) is 0.755. The number of nitrogens with one attached hydrogen (secondary N) is 1. The molecule has 25 heavy (non-hydrogen) atoms.